The Kier molecular flexibility index (Phi) is 4.62. The van der Waals surface area contributed by atoms with Crippen LogP contribution in [0, 0.1) is 11.6 Å². The molecule has 0 spiro atoms. The number of carbonyl (C=O) groups is 1. The maximum atomic E-state index is 13.1. The van der Waals surface area contributed by atoms with Crippen LogP contribution in [0.3, 0.4) is 0 Å². The fraction of sp³-hybridized carbons (Fsp3) is 0. The number of carbonyl (C=O) groups excluding carboxylic acids is 1. The molecule has 0 heterocycles. The molecule has 0 saturated carbocycles. The lowest BCUT2D eigenvalue weighted by Crippen LogP contribution is -2.13. The number of hydrogen-bond donors (Lipinski definition) is 1. The summed E-state index contributed by atoms with van der Waals surface area (Å²) in [7, 11) is 0. The van der Waals surface area contributed by atoms with Gasteiger partial charge in [0.2, 0.25) is 0 Å². The molecule has 0 aliphatic rings. The van der Waals surface area contributed by atoms with E-state index >= 15 is 0 Å². The second-order valence-corrected chi connectivity index (χ2v) is 5.49. The topological polar surface area (TPSA) is 29.1 Å². The molecule has 0 saturated heterocycles. The number of nitrogens with one attached hydrogen (secondary N) is 1. The summed E-state index contributed by atoms with van der Waals surface area (Å²) in [6, 6.07) is 5.61. The third-order valence-electron chi connectivity index (χ3n) is 2.42. The molecule has 0 bridgehead atoms. The van der Waals surface area contributed by atoms with E-state index in [-0.39, 0.29) is 25.8 Å². The Labute approximate surface area is 131 Å². The van der Waals surface area contributed by atoms with Crippen molar-refractivity contribution in [3.8, 4) is 0 Å². The average molecular weight is 381 g/mol. The maximum Gasteiger partial charge on any atom is 0.257 e. The summed E-state index contributed by atoms with van der Waals surface area (Å²) in [5.41, 5.74) is 0.291. The van der Waals surface area contributed by atoms with E-state index in [9.17, 15) is 13.6 Å². The number of hydrogen-bond acceptors (Lipinski definition) is 1. The third kappa shape index (κ3) is 3.29. The Morgan fingerprint density at radius 1 is 1.05 bits per heavy atom. The van der Waals surface area contributed by atoms with Gasteiger partial charge in [-0.25, -0.2) is 8.78 Å². The zero-order valence-electron chi connectivity index (χ0n) is 9.68. The zero-order valence-corrected chi connectivity index (χ0v) is 12.8. The fourth-order valence-electron chi connectivity index (χ4n) is 1.52. The van der Waals surface area contributed by atoms with Crippen LogP contribution in [-0.4, -0.2) is 5.91 Å². The Bertz CT molecular complexity index is 671. The molecule has 0 radical (unpaired) electrons. The lowest BCUT2D eigenvalue weighted by atomic mass is 10.2. The first-order chi connectivity index (χ1) is 9.38. The average Bonchev–Trinajstić information content (AvgIpc) is 2.33. The molecule has 0 atom stereocenters. The highest BCUT2D eigenvalue weighted by atomic mass is 79.9. The molecule has 0 unspecified atom stereocenters. The molecule has 0 aliphatic heterocycles. The van der Waals surface area contributed by atoms with Crippen LogP contribution in [0.1, 0.15) is 10.4 Å². The van der Waals surface area contributed by atoms with Crippen LogP contribution in [0.25, 0.3) is 0 Å². The number of amides is 1. The molecular weight excluding hydrogens is 375 g/mol. The Morgan fingerprint density at radius 3 is 2.30 bits per heavy atom. The van der Waals surface area contributed by atoms with E-state index in [1.54, 1.807) is 0 Å². The molecule has 2 aromatic carbocycles. The predicted octanol–water partition coefficient (Wildman–Crippen LogP) is 5.29. The fourth-order valence-corrected chi connectivity index (χ4v) is 2.67. The van der Waals surface area contributed by atoms with E-state index < -0.39 is 17.5 Å². The van der Waals surface area contributed by atoms with Crippen LogP contribution in [-0.2, 0) is 0 Å². The predicted molar refractivity (Wildman–Crippen MR) is 78.5 cm³/mol. The van der Waals surface area contributed by atoms with Crippen molar-refractivity contribution in [3.05, 3.63) is 62.0 Å². The minimum atomic E-state index is -0.579. The van der Waals surface area contributed by atoms with Crippen molar-refractivity contribution < 1.29 is 13.6 Å². The van der Waals surface area contributed by atoms with Gasteiger partial charge >= 0.3 is 0 Å². The minimum absolute atomic E-state index is 0.0307. The van der Waals surface area contributed by atoms with E-state index in [4.69, 9.17) is 23.2 Å². The van der Waals surface area contributed by atoms with E-state index in [0.717, 1.165) is 24.3 Å². The van der Waals surface area contributed by atoms with E-state index in [0.29, 0.717) is 0 Å². The Balaban J connectivity index is 2.33. The molecule has 2 rings (SSSR count). The van der Waals surface area contributed by atoms with Crippen molar-refractivity contribution in [2.75, 3.05) is 5.32 Å². The second kappa shape index (κ2) is 6.08. The van der Waals surface area contributed by atoms with Crippen LogP contribution in [0.4, 0.5) is 14.5 Å². The highest BCUT2D eigenvalue weighted by molar-refractivity contribution is 9.10. The van der Waals surface area contributed by atoms with Gasteiger partial charge in [-0.15, -0.1) is 0 Å². The molecule has 7 heteroatoms. The lowest BCUT2D eigenvalue weighted by Gasteiger charge is -2.10. The van der Waals surface area contributed by atoms with Crippen molar-refractivity contribution in [3.63, 3.8) is 0 Å². The van der Waals surface area contributed by atoms with E-state index in [1.807, 2.05) is 0 Å². The standard InChI is InChI=1S/C13H6BrCl2F2NO/c14-9-3-7(18)5-11(16)12(9)19-13(20)8-2-1-6(17)4-10(8)15/h1-5H,(H,19,20). The van der Waals surface area contributed by atoms with Gasteiger partial charge in [0.05, 0.1) is 21.3 Å². The largest absolute Gasteiger partial charge is 0.320 e. The normalized spacial score (nSPS) is 10.4. The zero-order chi connectivity index (χ0) is 14.9. The number of halogens is 5. The van der Waals surface area contributed by atoms with Gasteiger partial charge in [0.1, 0.15) is 11.6 Å². The molecule has 2 aromatic rings. The number of benzene rings is 2. The van der Waals surface area contributed by atoms with Crippen LogP contribution in [0.15, 0.2) is 34.8 Å². The second-order valence-electron chi connectivity index (χ2n) is 3.82. The van der Waals surface area contributed by atoms with Crippen LogP contribution in [0.5, 0.6) is 0 Å². The summed E-state index contributed by atoms with van der Waals surface area (Å²) in [6.45, 7) is 0. The third-order valence-corrected chi connectivity index (χ3v) is 3.66. The van der Waals surface area contributed by atoms with Crippen LogP contribution < -0.4 is 5.32 Å². The molecule has 0 aromatic heterocycles. The smallest absolute Gasteiger partial charge is 0.257 e. The van der Waals surface area contributed by atoms with Crippen molar-refractivity contribution >= 4 is 50.7 Å². The highest BCUT2D eigenvalue weighted by Gasteiger charge is 2.15. The molecule has 0 aliphatic carbocycles. The summed E-state index contributed by atoms with van der Waals surface area (Å²) in [5, 5.41) is 2.49. The van der Waals surface area contributed by atoms with Crippen molar-refractivity contribution in [2.24, 2.45) is 0 Å². The monoisotopic (exact) mass is 379 g/mol. The van der Waals surface area contributed by atoms with E-state index in [1.165, 1.54) is 6.07 Å². The van der Waals surface area contributed by atoms with Gasteiger partial charge in [-0.1, -0.05) is 23.2 Å². The summed E-state index contributed by atoms with van der Waals surface area (Å²) < 4.78 is 26.3. The lowest BCUT2D eigenvalue weighted by molar-refractivity contribution is 0.102. The minimum Gasteiger partial charge on any atom is -0.320 e. The molecule has 2 nitrogen and oxygen atoms in total. The van der Waals surface area contributed by atoms with Gasteiger partial charge in [-0.3, -0.25) is 4.79 Å². The van der Waals surface area contributed by atoms with Gasteiger partial charge in [0, 0.05) is 4.47 Å². The first-order valence-electron chi connectivity index (χ1n) is 5.29. The van der Waals surface area contributed by atoms with Crippen LogP contribution in [0.2, 0.25) is 10.0 Å². The maximum absolute atomic E-state index is 13.1. The summed E-state index contributed by atoms with van der Waals surface area (Å²) >= 11 is 14.7. The Morgan fingerprint density at radius 2 is 1.70 bits per heavy atom. The molecular formula is C13H6BrCl2F2NO. The summed E-state index contributed by atoms with van der Waals surface area (Å²) in [5.74, 6) is -1.67. The molecule has 0 fully saturated rings. The Hall–Kier alpha value is -1.17. The number of rotatable bonds is 2. The van der Waals surface area contributed by atoms with Gasteiger partial charge < -0.3 is 5.32 Å². The molecule has 104 valence electrons. The summed E-state index contributed by atoms with van der Waals surface area (Å²) in [4.78, 5) is 12.0. The SMILES string of the molecule is O=C(Nc1c(Cl)cc(F)cc1Br)c1ccc(F)cc1Cl. The van der Waals surface area contributed by atoms with Gasteiger partial charge in [-0.05, 0) is 46.3 Å². The number of anilines is 1. The van der Waals surface area contributed by atoms with Crippen LogP contribution >= 0.6 is 39.1 Å². The van der Waals surface area contributed by atoms with Crippen molar-refractivity contribution in [1.82, 2.24) is 0 Å². The van der Waals surface area contributed by atoms with E-state index in [2.05, 4.69) is 21.2 Å². The molecule has 20 heavy (non-hydrogen) atoms. The first-order valence-corrected chi connectivity index (χ1v) is 6.84. The summed E-state index contributed by atoms with van der Waals surface area (Å²) in [6.07, 6.45) is 0. The van der Waals surface area contributed by atoms with Crippen molar-refractivity contribution in [1.29, 1.82) is 0 Å². The molecule has 1 amide bonds. The quantitative estimate of drug-likeness (QED) is 0.753. The van der Waals surface area contributed by atoms with Gasteiger partial charge in [0.15, 0.2) is 0 Å². The highest BCUT2D eigenvalue weighted by Crippen LogP contribution is 2.32. The molecule has 1 N–H and O–H groups in total. The van der Waals surface area contributed by atoms with Gasteiger partial charge in [0.25, 0.3) is 5.91 Å². The van der Waals surface area contributed by atoms with Gasteiger partial charge in [-0.2, -0.15) is 0 Å². The van der Waals surface area contributed by atoms with Crippen molar-refractivity contribution in [2.45, 2.75) is 0 Å². The first kappa shape index (κ1) is 15.2.